The number of fused-ring (bicyclic) bond motifs is 1. The Bertz CT molecular complexity index is 557. The number of aryl methyl sites for hydroxylation is 1. The van der Waals surface area contributed by atoms with Crippen molar-refractivity contribution >= 4 is 28.5 Å². The first kappa shape index (κ1) is 11.0. The van der Waals surface area contributed by atoms with Crippen molar-refractivity contribution in [2.45, 2.75) is 19.8 Å². The fraction of sp³-hybridized carbons (Fsp3) is 0.250. The smallest absolute Gasteiger partial charge is 0.310 e. The number of halogens is 1. The third-order valence-electron chi connectivity index (χ3n) is 2.70. The summed E-state index contributed by atoms with van der Waals surface area (Å²) in [6.07, 6.45) is 0. The molecule has 2 aromatic rings. The molecule has 3 nitrogen and oxygen atoms in total. The van der Waals surface area contributed by atoms with E-state index in [-0.39, 0.29) is 0 Å². The Labute approximate surface area is 97.6 Å². The summed E-state index contributed by atoms with van der Waals surface area (Å²) in [5.74, 6) is -0.858. The molecule has 0 amide bonds. The van der Waals surface area contributed by atoms with Crippen LogP contribution in [0.15, 0.2) is 22.6 Å². The van der Waals surface area contributed by atoms with Gasteiger partial charge in [-0.3, -0.25) is 4.79 Å². The van der Waals surface area contributed by atoms with Gasteiger partial charge in [-0.1, -0.05) is 23.7 Å². The van der Waals surface area contributed by atoms with Gasteiger partial charge in [0.25, 0.3) is 0 Å². The molecule has 1 unspecified atom stereocenters. The summed E-state index contributed by atoms with van der Waals surface area (Å²) in [5.41, 5.74) is 1.26. The third-order valence-corrected chi connectivity index (χ3v) is 2.99. The number of carbonyl (C=O) groups is 1. The Balaban J connectivity index is 2.74. The number of carboxylic acid groups (broad SMARTS) is 1. The average molecular weight is 239 g/mol. The molecule has 0 bridgehead atoms. The number of hydrogen-bond acceptors (Lipinski definition) is 2. The molecule has 0 spiro atoms. The molecule has 16 heavy (non-hydrogen) atoms. The highest BCUT2D eigenvalue weighted by Gasteiger charge is 2.23. The van der Waals surface area contributed by atoms with Crippen LogP contribution in [0.3, 0.4) is 0 Å². The molecule has 0 saturated heterocycles. The number of carboxylic acids is 1. The highest BCUT2D eigenvalue weighted by molar-refractivity contribution is 6.35. The minimum Gasteiger partial charge on any atom is -0.481 e. The van der Waals surface area contributed by atoms with E-state index in [1.165, 1.54) is 0 Å². The number of para-hydroxylation sites is 1. The Morgan fingerprint density at radius 2 is 2.19 bits per heavy atom. The van der Waals surface area contributed by atoms with Crippen molar-refractivity contribution in [3.63, 3.8) is 0 Å². The predicted molar refractivity (Wildman–Crippen MR) is 62.0 cm³/mol. The van der Waals surface area contributed by atoms with E-state index < -0.39 is 11.9 Å². The van der Waals surface area contributed by atoms with Crippen molar-refractivity contribution < 1.29 is 14.3 Å². The van der Waals surface area contributed by atoms with Gasteiger partial charge >= 0.3 is 5.97 Å². The van der Waals surface area contributed by atoms with E-state index in [1.807, 2.05) is 6.07 Å². The lowest BCUT2D eigenvalue weighted by Gasteiger charge is -2.04. The first-order valence-corrected chi connectivity index (χ1v) is 5.30. The maximum atomic E-state index is 11.0. The molecule has 2 rings (SSSR count). The minimum absolute atomic E-state index is 0.504. The molecule has 0 aliphatic rings. The number of rotatable bonds is 2. The van der Waals surface area contributed by atoms with Gasteiger partial charge in [-0.25, -0.2) is 0 Å². The van der Waals surface area contributed by atoms with Crippen molar-refractivity contribution in [2.24, 2.45) is 0 Å². The molecule has 1 aromatic carbocycles. The van der Waals surface area contributed by atoms with Gasteiger partial charge in [0.1, 0.15) is 5.76 Å². The summed E-state index contributed by atoms with van der Waals surface area (Å²) < 4.78 is 5.51. The zero-order valence-electron chi connectivity index (χ0n) is 8.95. The normalized spacial score (nSPS) is 12.9. The maximum absolute atomic E-state index is 11.0. The van der Waals surface area contributed by atoms with Gasteiger partial charge in [-0.2, -0.15) is 0 Å². The molecule has 0 aliphatic carbocycles. The Morgan fingerprint density at radius 3 is 2.81 bits per heavy atom. The van der Waals surface area contributed by atoms with Crippen LogP contribution in [0.5, 0.6) is 0 Å². The highest BCUT2D eigenvalue weighted by Crippen LogP contribution is 2.35. The standard InChI is InChI=1S/C12H11ClO3/c1-6(12(14)15)10-7(2)16-11-8(10)4-3-5-9(11)13/h3-6H,1-2H3,(H,14,15). The van der Waals surface area contributed by atoms with Gasteiger partial charge < -0.3 is 9.52 Å². The van der Waals surface area contributed by atoms with Crippen LogP contribution in [0.2, 0.25) is 5.02 Å². The van der Waals surface area contributed by atoms with Crippen LogP contribution < -0.4 is 0 Å². The second-order valence-electron chi connectivity index (χ2n) is 3.75. The second-order valence-corrected chi connectivity index (χ2v) is 4.16. The molecule has 0 fully saturated rings. The zero-order chi connectivity index (χ0) is 11.9. The molecular weight excluding hydrogens is 228 g/mol. The molecule has 0 saturated carbocycles. The largest absolute Gasteiger partial charge is 0.481 e. The average Bonchev–Trinajstić information content (AvgIpc) is 2.55. The van der Waals surface area contributed by atoms with E-state index in [0.29, 0.717) is 21.9 Å². The first-order valence-electron chi connectivity index (χ1n) is 4.92. The number of furan rings is 1. The zero-order valence-corrected chi connectivity index (χ0v) is 9.71. The molecule has 1 aromatic heterocycles. The van der Waals surface area contributed by atoms with Crippen molar-refractivity contribution in [3.8, 4) is 0 Å². The quantitative estimate of drug-likeness (QED) is 0.870. The van der Waals surface area contributed by atoms with E-state index >= 15 is 0 Å². The lowest BCUT2D eigenvalue weighted by atomic mass is 9.98. The monoisotopic (exact) mass is 238 g/mol. The second kappa shape index (κ2) is 3.83. The molecular formula is C12H11ClO3. The van der Waals surface area contributed by atoms with Crippen LogP contribution in [0.4, 0.5) is 0 Å². The molecule has 1 N–H and O–H groups in total. The summed E-state index contributed by atoms with van der Waals surface area (Å²) in [6.45, 7) is 3.39. The van der Waals surface area contributed by atoms with Crippen molar-refractivity contribution in [1.82, 2.24) is 0 Å². The predicted octanol–water partition coefficient (Wildman–Crippen LogP) is 3.58. The van der Waals surface area contributed by atoms with Gasteiger partial charge in [0.15, 0.2) is 5.58 Å². The van der Waals surface area contributed by atoms with Crippen molar-refractivity contribution in [2.75, 3.05) is 0 Å². The lowest BCUT2D eigenvalue weighted by Crippen LogP contribution is -2.07. The number of aliphatic carboxylic acids is 1. The summed E-state index contributed by atoms with van der Waals surface area (Å²) >= 11 is 5.99. The van der Waals surface area contributed by atoms with E-state index in [2.05, 4.69) is 0 Å². The van der Waals surface area contributed by atoms with Crippen LogP contribution in [-0.2, 0) is 4.79 Å². The maximum Gasteiger partial charge on any atom is 0.310 e. The number of hydrogen-bond donors (Lipinski definition) is 1. The first-order chi connectivity index (χ1) is 7.52. The topological polar surface area (TPSA) is 50.4 Å². The van der Waals surface area contributed by atoms with E-state index in [4.69, 9.17) is 21.1 Å². The Kier molecular flexibility index (Phi) is 2.64. The van der Waals surface area contributed by atoms with Gasteiger partial charge in [0.05, 0.1) is 10.9 Å². The molecule has 4 heteroatoms. The molecule has 1 heterocycles. The molecule has 0 aliphatic heterocycles. The van der Waals surface area contributed by atoms with Crippen LogP contribution in [0.25, 0.3) is 11.0 Å². The van der Waals surface area contributed by atoms with Crippen LogP contribution >= 0.6 is 11.6 Å². The van der Waals surface area contributed by atoms with Crippen LogP contribution in [0, 0.1) is 6.92 Å². The SMILES string of the molecule is Cc1oc2c(Cl)cccc2c1C(C)C(=O)O. The van der Waals surface area contributed by atoms with E-state index in [0.717, 1.165) is 5.39 Å². The van der Waals surface area contributed by atoms with Gasteiger partial charge in [0.2, 0.25) is 0 Å². The van der Waals surface area contributed by atoms with E-state index in [9.17, 15) is 4.79 Å². The van der Waals surface area contributed by atoms with Gasteiger partial charge in [-0.15, -0.1) is 0 Å². The Morgan fingerprint density at radius 1 is 1.50 bits per heavy atom. The van der Waals surface area contributed by atoms with E-state index in [1.54, 1.807) is 26.0 Å². The molecule has 84 valence electrons. The fourth-order valence-corrected chi connectivity index (χ4v) is 2.10. The van der Waals surface area contributed by atoms with Crippen molar-refractivity contribution in [3.05, 3.63) is 34.5 Å². The van der Waals surface area contributed by atoms with Crippen LogP contribution in [0.1, 0.15) is 24.2 Å². The molecule has 0 radical (unpaired) electrons. The molecule has 1 atom stereocenters. The van der Waals surface area contributed by atoms with Crippen LogP contribution in [-0.4, -0.2) is 11.1 Å². The van der Waals surface area contributed by atoms with Gasteiger partial charge in [-0.05, 0) is 19.9 Å². The fourth-order valence-electron chi connectivity index (χ4n) is 1.88. The third kappa shape index (κ3) is 1.57. The summed E-state index contributed by atoms with van der Waals surface area (Å²) in [4.78, 5) is 11.0. The number of benzene rings is 1. The summed E-state index contributed by atoms with van der Waals surface area (Å²) in [5, 5.41) is 10.3. The lowest BCUT2D eigenvalue weighted by molar-refractivity contribution is -0.138. The van der Waals surface area contributed by atoms with Crippen molar-refractivity contribution in [1.29, 1.82) is 0 Å². The minimum atomic E-state index is -0.870. The Hall–Kier alpha value is -1.48. The van der Waals surface area contributed by atoms with Gasteiger partial charge in [0, 0.05) is 10.9 Å². The summed E-state index contributed by atoms with van der Waals surface area (Å²) in [7, 11) is 0. The highest BCUT2D eigenvalue weighted by atomic mass is 35.5. The summed E-state index contributed by atoms with van der Waals surface area (Å²) in [6, 6.07) is 5.34.